The molecule has 1 fully saturated rings. The molecule has 7 heteroatoms. The molecule has 0 radical (unpaired) electrons. The van der Waals surface area contributed by atoms with E-state index in [0.717, 1.165) is 6.07 Å². The Morgan fingerprint density at radius 2 is 2.20 bits per heavy atom. The molecule has 0 aromatic heterocycles. The summed E-state index contributed by atoms with van der Waals surface area (Å²) in [6.07, 6.45) is -0.000884. The molecule has 0 saturated heterocycles. The van der Waals surface area contributed by atoms with Crippen molar-refractivity contribution in [3.05, 3.63) is 38.9 Å². The molecular formula is C13H15ClN2O4. The largest absolute Gasteiger partial charge is 0.392 e. The Hall–Kier alpha value is -1.66. The summed E-state index contributed by atoms with van der Waals surface area (Å²) in [5, 5.41) is 23.3. The van der Waals surface area contributed by atoms with E-state index in [2.05, 4.69) is 5.32 Å². The first-order chi connectivity index (χ1) is 9.23. The lowest BCUT2D eigenvalue weighted by Gasteiger charge is -2.49. The van der Waals surface area contributed by atoms with Gasteiger partial charge < -0.3 is 10.4 Å². The zero-order chi connectivity index (χ0) is 15.1. The molecule has 1 aliphatic rings. The Morgan fingerprint density at radius 3 is 2.70 bits per heavy atom. The maximum Gasteiger partial charge on any atom is 0.270 e. The Bertz CT molecular complexity index is 573. The number of benzene rings is 1. The third-order valence-corrected chi connectivity index (χ3v) is 4.26. The van der Waals surface area contributed by atoms with Crippen molar-refractivity contribution >= 4 is 23.2 Å². The zero-order valence-corrected chi connectivity index (χ0v) is 11.8. The van der Waals surface area contributed by atoms with Crippen LogP contribution >= 0.6 is 11.6 Å². The van der Waals surface area contributed by atoms with Crippen LogP contribution in [-0.4, -0.2) is 28.1 Å². The lowest BCUT2D eigenvalue weighted by molar-refractivity contribution is -0.384. The Morgan fingerprint density at radius 1 is 1.55 bits per heavy atom. The monoisotopic (exact) mass is 298 g/mol. The number of nitro groups is 1. The SMILES string of the molecule is CC1(C)C(O)CC1NC(=O)c1cc([N+](=O)[O-])ccc1Cl. The van der Waals surface area contributed by atoms with Gasteiger partial charge in [0.1, 0.15) is 0 Å². The van der Waals surface area contributed by atoms with Crippen LogP contribution in [0.2, 0.25) is 5.02 Å². The predicted octanol–water partition coefficient (Wildman–Crippen LogP) is 2.14. The molecule has 0 heterocycles. The Labute approximate surface area is 120 Å². The highest BCUT2D eigenvalue weighted by atomic mass is 35.5. The number of hydrogen-bond donors (Lipinski definition) is 2. The van der Waals surface area contributed by atoms with Crippen molar-refractivity contribution < 1.29 is 14.8 Å². The van der Waals surface area contributed by atoms with E-state index in [9.17, 15) is 20.0 Å². The van der Waals surface area contributed by atoms with Crippen LogP contribution in [0.4, 0.5) is 5.69 Å². The summed E-state index contributed by atoms with van der Waals surface area (Å²) in [4.78, 5) is 22.3. The number of nitrogens with one attached hydrogen (secondary N) is 1. The van der Waals surface area contributed by atoms with Crippen molar-refractivity contribution in [2.45, 2.75) is 32.4 Å². The number of nitro benzene ring substituents is 1. The average Bonchev–Trinajstić information content (AvgIpc) is 2.38. The van der Waals surface area contributed by atoms with Gasteiger partial charge in [0.05, 0.1) is 21.6 Å². The van der Waals surface area contributed by atoms with Crippen LogP contribution in [-0.2, 0) is 0 Å². The first-order valence-corrected chi connectivity index (χ1v) is 6.54. The minimum atomic E-state index is -0.579. The molecule has 2 atom stereocenters. The van der Waals surface area contributed by atoms with E-state index >= 15 is 0 Å². The van der Waals surface area contributed by atoms with Crippen molar-refractivity contribution in [2.75, 3.05) is 0 Å². The van der Waals surface area contributed by atoms with Gasteiger partial charge in [0.15, 0.2) is 0 Å². The highest BCUT2D eigenvalue weighted by molar-refractivity contribution is 6.34. The third kappa shape index (κ3) is 2.48. The lowest BCUT2D eigenvalue weighted by atomic mass is 9.64. The second-order valence-corrected chi connectivity index (χ2v) is 5.93. The highest BCUT2D eigenvalue weighted by Gasteiger charge is 2.48. The second-order valence-electron chi connectivity index (χ2n) is 5.52. The highest BCUT2D eigenvalue weighted by Crippen LogP contribution is 2.40. The molecule has 2 rings (SSSR count). The molecule has 1 aromatic rings. The van der Waals surface area contributed by atoms with Gasteiger partial charge in [-0.3, -0.25) is 14.9 Å². The quantitative estimate of drug-likeness (QED) is 0.660. The first-order valence-electron chi connectivity index (χ1n) is 6.16. The smallest absolute Gasteiger partial charge is 0.270 e. The summed E-state index contributed by atoms with van der Waals surface area (Å²) in [6, 6.07) is 3.55. The molecule has 20 heavy (non-hydrogen) atoms. The summed E-state index contributed by atoms with van der Waals surface area (Å²) < 4.78 is 0. The van der Waals surface area contributed by atoms with Crippen LogP contribution in [0, 0.1) is 15.5 Å². The van der Waals surface area contributed by atoms with Gasteiger partial charge in [-0.05, 0) is 12.5 Å². The average molecular weight is 299 g/mol. The van der Waals surface area contributed by atoms with Gasteiger partial charge in [-0.15, -0.1) is 0 Å². The fraction of sp³-hybridized carbons (Fsp3) is 0.462. The van der Waals surface area contributed by atoms with E-state index in [1.54, 1.807) is 0 Å². The number of halogens is 1. The maximum absolute atomic E-state index is 12.1. The molecule has 1 aliphatic carbocycles. The predicted molar refractivity (Wildman–Crippen MR) is 73.8 cm³/mol. The number of hydrogen-bond acceptors (Lipinski definition) is 4. The second kappa shape index (κ2) is 5.03. The van der Waals surface area contributed by atoms with Crippen LogP contribution in [0.25, 0.3) is 0 Å². The lowest BCUT2D eigenvalue weighted by Crippen LogP contribution is -2.61. The summed E-state index contributed by atoms with van der Waals surface area (Å²) in [7, 11) is 0. The Balaban J connectivity index is 2.18. The van der Waals surface area contributed by atoms with Crippen LogP contribution in [0.15, 0.2) is 18.2 Å². The van der Waals surface area contributed by atoms with Crippen molar-refractivity contribution in [1.29, 1.82) is 0 Å². The summed E-state index contributed by atoms with van der Waals surface area (Å²) in [6.45, 7) is 3.70. The van der Waals surface area contributed by atoms with Gasteiger partial charge in [-0.2, -0.15) is 0 Å². The molecule has 0 bridgehead atoms. The molecular weight excluding hydrogens is 284 g/mol. The fourth-order valence-electron chi connectivity index (χ4n) is 2.18. The molecule has 1 amide bonds. The number of aliphatic hydroxyl groups excluding tert-OH is 1. The minimum absolute atomic E-state index is 0.0676. The van der Waals surface area contributed by atoms with E-state index < -0.39 is 22.3 Å². The fourth-order valence-corrected chi connectivity index (χ4v) is 2.39. The van der Waals surface area contributed by atoms with Gasteiger partial charge in [0.2, 0.25) is 0 Å². The van der Waals surface area contributed by atoms with E-state index in [1.165, 1.54) is 12.1 Å². The van der Waals surface area contributed by atoms with Gasteiger partial charge >= 0.3 is 0 Å². The number of rotatable bonds is 3. The van der Waals surface area contributed by atoms with Crippen molar-refractivity contribution in [1.82, 2.24) is 5.32 Å². The molecule has 6 nitrogen and oxygen atoms in total. The summed E-state index contributed by atoms with van der Waals surface area (Å²) >= 11 is 5.91. The minimum Gasteiger partial charge on any atom is -0.392 e. The number of aliphatic hydroxyl groups is 1. The van der Waals surface area contributed by atoms with E-state index in [1.807, 2.05) is 13.8 Å². The van der Waals surface area contributed by atoms with Crippen molar-refractivity contribution in [2.24, 2.45) is 5.41 Å². The molecule has 2 unspecified atom stereocenters. The van der Waals surface area contributed by atoms with Crippen LogP contribution in [0.3, 0.4) is 0 Å². The van der Waals surface area contributed by atoms with E-state index in [0.29, 0.717) is 6.42 Å². The van der Waals surface area contributed by atoms with Crippen LogP contribution in [0.1, 0.15) is 30.6 Å². The molecule has 1 saturated carbocycles. The molecule has 2 N–H and O–H groups in total. The number of non-ortho nitro benzene ring substituents is 1. The molecule has 108 valence electrons. The van der Waals surface area contributed by atoms with Gasteiger partial charge in [0.25, 0.3) is 11.6 Å². The molecule has 1 aromatic carbocycles. The van der Waals surface area contributed by atoms with E-state index in [-0.39, 0.29) is 22.3 Å². The normalized spacial score (nSPS) is 23.8. The van der Waals surface area contributed by atoms with Crippen LogP contribution in [0.5, 0.6) is 0 Å². The van der Waals surface area contributed by atoms with Crippen molar-refractivity contribution in [3.63, 3.8) is 0 Å². The topological polar surface area (TPSA) is 92.5 Å². The number of carbonyl (C=O) groups excluding carboxylic acids is 1. The number of nitrogens with zero attached hydrogens (tertiary/aromatic N) is 1. The van der Waals surface area contributed by atoms with Crippen LogP contribution < -0.4 is 5.32 Å². The third-order valence-electron chi connectivity index (χ3n) is 3.93. The van der Waals surface area contributed by atoms with Gasteiger partial charge in [0, 0.05) is 23.6 Å². The van der Waals surface area contributed by atoms with Gasteiger partial charge in [-0.25, -0.2) is 0 Å². The molecule has 0 aliphatic heterocycles. The summed E-state index contributed by atoms with van der Waals surface area (Å²) in [5.74, 6) is -0.469. The molecule has 0 spiro atoms. The first kappa shape index (κ1) is 14.7. The maximum atomic E-state index is 12.1. The summed E-state index contributed by atoms with van der Waals surface area (Å²) in [5.41, 5.74) is -0.534. The van der Waals surface area contributed by atoms with Gasteiger partial charge in [-0.1, -0.05) is 25.4 Å². The zero-order valence-electron chi connectivity index (χ0n) is 11.1. The van der Waals surface area contributed by atoms with E-state index in [4.69, 9.17) is 11.6 Å². The van der Waals surface area contributed by atoms with Crippen molar-refractivity contribution in [3.8, 4) is 0 Å². The standard InChI is InChI=1S/C13H15ClN2O4/c1-13(2)10(6-11(13)17)15-12(18)8-5-7(16(19)20)3-4-9(8)14/h3-5,10-11,17H,6H2,1-2H3,(H,15,18). The number of carbonyl (C=O) groups is 1. The number of amides is 1. The Kier molecular flexibility index (Phi) is 3.71.